The average molecular weight is 343 g/mol. The van der Waals surface area contributed by atoms with E-state index in [4.69, 9.17) is 11.6 Å². The van der Waals surface area contributed by atoms with Crippen LogP contribution in [0.25, 0.3) is 0 Å². The minimum atomic E-state index is 0.239. The topological polar surface area (TPSA) is 29.9 Å². The molecule has 1 N–H and O–H groups in total. The van der Waals surface area contributed by atoms with Crippen LogP contribution in [0.2, 0.25) is 5.02 Å². The van der Waals surface area contributed by atoms with Gasteiger partial charge in [-0.2, -0.15) is 5.10 Å². The molecule has 0 aliphatic heterocycles. The fraction of sp³-hybridized carbons (Fsp3) is 0.357. The normalized spacial score (nSPS) is 12.7. The van der Waals surface area contributed by atoms with Gasteiger partial charge in [-0.1, -0.05) is 23.7 Å². The summed E-state index contributed by atoms with van der Waals surface area (Å²) in [5.41, 5.74) is 3.42. The minimum Gasteiger partial charge on any atom is -0.313 e. The largest absolute Gasteiger partial charge is 0.313 e. The number of rotatable bonds is 4. The van der Waals surface area contributed by atoms with Crippen LogP contribution in [0, 0.1) is 6.92 Å². The van der Waals surface area contributed by atoms with E-state index in [2.05, 4.69) is 38.5 Å². The van der Waals surface area contributed by atoms with Gasteiger partial charge in [-0.25, -0.2) is 0 Å². The van der Waals surface area contributed by atoms with Crippen molar-refractivity contribution in [3.8, 4) is 0 Å². The van der Waals surface area contributed by atoms with Crippen molar-refractivity contribution in [2.45, 2.75) is 19.4 Å². The number of halogens is 2. The highest BCUT2D eigenvalue weighted by Gasteiger charge is 2.17. The van der Waals surface area contributed by atoms with Crippen molar-refractivity contribution in [3.63, 3.8) is 0 Å². The Kier molecular flexibility index (Phi) is 4.66. The van der Waals surface area contributed by atoms with Gasteiger partial charge in [0.2, 0.25) is 0 Å². The molecule has 0 fully saturated rings. The molecule has 0 aliphatic rings. The van der Waals surface area contributed by atoms with Crippen LogP contribution in [0.3, 0.4) is 0 Å². The fourth-order valence-corrected chi connectivity index (χ4v) is 2.80. The first-order chi connectivity index (χ1) is 9.02. The summed E-state index contributed by atoms with van der Waals surface area (Å²) in [5.74, 6) is 0. The summed E-state index contributed by atoms with van der Waals surface area (Å²) < 4.78 is 3.02. The van der Waals surface area contributed by atoms with Gasteiger partial charge in [0.1, 0.15) is 0 Å². The second-order valence-electron chi connectivity index (χ2n) is 4.57. The molecule has 3 nitrogen and oxygen atoms in total. The maximum absolute atomic E-state index is 5.93. The lowest BCUT2D eigenvalue weighted by molar-refractivity contribution is 0.560. The summed E-state index contributed by atoms with van der Waals surface area (Å²) in [5, 5.41) is 8.53. The number of nitrogens with zero attached hydrogens (tertiary/aromatic N) is 2. The summed E-state index contributed by atoms with van der Waals surface area (Å²) in [7, 11) is 3.94. The molecule has 0 amide bonds. The summed E-state index contributed by atoms with van der Waals surface area (Å²) in [6, 6.07) is 8.19. The lowest BCUT2D eigenvalue weighted by Crippen LogP contribution is -2.20. The number of aryl methyl sites for hydroxylation is 2. The molecule has 0 radical (unpaired) electrons. The Morgan fingerprint density at radius 1 is 1.37 bits per heavy atom. The van der Waals surface area contributed by atoms with Crippen molar-refractivity contribution in [1.29, 1.82) is 0 Å². The second-order valence-corrected chi connectivity index (χ2v) is 5.80. The maximum atomic E-state index is 5.93. The lowest BCUT2D eigenvalue weighted by Gasteiger charge is -2.17. The first-order valence-electron chi connectivity index (χ1n) is 6.13. The van der Waals surface area contributed by atoms with E-state index in [9.17, 15) is 0 Å². The van der Waals surface area contributed by atoms with Crippen LogP contribution in [0.5, 0.6) is 0 Å². The summed E-state index contributed by atoms with van der Waals surface area (Å²) in [4.78, 5) is 0. The summed E-state index contributed by atoms with van der Waals surface area (Å²) >= 11 is 9.54. The molecule has 0 spiro atoms. The quantitative estimate of drug-likeness (QED) is 0.919. The third-order valence-corrected chi connectivity index (χ3v) is 4.56. The molecule has 2 aromatic rings. The molecule has 1 aromatic heterocycles. The lowest BCUT2D eigenvalue weighted by atomic mass is 10.0. The highest BCUT2D eigenvalue weighted by Crippen LogP contribution is 2.26. The van der Waals surface area contributed by atoms with E-state index in [1.165, 1.54) is 11.3 Å². The first-order valence-corrected chi connectivity index (χ1v) is 7.30. The van der Waals surface area contributed by atoms with Crippen molar-refractivity contribution in [2.24, 2.45) is 7.05 Å². The third kappa shape index (κ3) is 3.19. The third-order valence-electron chi connectivity index (χ3n) is 3.28. The van der Waals surface area contributed by atoms with Gasteiger partial charge in [0.15, 0.2) is 0 Å². The molecular weight excluding hydrogens is 326 g/mol. The van der Waals surface area contributed by atoms with Crippen molar-refractivity contribution in [2.75, 3.05) is 7.05 Å². The number of benzene rings is 1. The zero-order chi connectivity index (χ0) is 14.0. The molecule has 2 rings (SSSR count). The Morgan fingerprint density at radius 3 is 2.47 bits per heavy atom. The van der Waals surface area contributed by atoms with Gasteiger partial charge < -0.3 is 5.32 Å². The van der Waals surface area contributed by atoms with E-state index >= 15 is 0 Å². The van der Waals surface area contributed by atoms with E-state index in [0.29, 0.717) is 0 Å². The van der Waals surface area contributed by atoms with Crippen LogP contribution < -0.4 is 5.32 Å². The van der Waals surface area contributed by atoms with Gasteiger partial charge in [0.05, 0.1) is 15.9 Å². The number of hydrogen-bond donors (Lipinski definition) is 1. The van der Waals surface area contributed by atoms with E-state index in [0.717, 1.165) is 21.6 Å². The molecule has 102 valence electrons. The Hall–Kier alpha value is -0.840. The predicted molar refractivity (Wildman–Crippen MR) is 82.6 cm³/mol. The number of likely N-dealkylation sites (N-methyl/N-ethyl adjacent to an activating group) is 1. The smallest absolute Gasteiger partial charge is 0.0738 e. The Labute approximate surface area is 127 Å². The SMILES string of the molecule is CNC(Cc1c(Br)c(C)nn1C)c1ccc(Cl)cc1. The molecule has 1 atom stereocenters. The van der Waals surface area contributed by atoms with Gasteiger partial charge in [0.25, 0.3) is 0 Å². The molecule has 1 aromatic carbocycles. The van der Waals surface area contributed by atoms with Gasteiger partial charge in [-0.15, -0.1) is 0 Å². The molecular formula is C14H17BrClN3. The monoisotopic (exact) mass is 341 g/mol. The molecule has 0 saturated heterocycles. The van der Waals surface area contributed by atoms with Gasteiger partial charge >= 0.3 is 0 Å². The molecule has 19 heavy (non-hydrogen) atoms. The zero-order valence-electron chi connectivity index (χ0n) is 11.2. The highest BCUT2D eigenvalue weighted by molar-refractivity contribution is 9.10. The van der Waals surface area contributed by atoms with Crippen molar-refractivity contribution in [3.05, 3.63) is 50.7 Å². The van der Waals surface area contributed by atoms with E-state index in [1.54, 1.807) is 0 Å². The van der Waals surface area contributed by atoms with Gasteiger partial charge in [0, 0.05) is 24.5 Å². The second kappa shape index (κ2) is 6.07. The molecule has 1 unspecified atom stereocenters. The van der Waals surface area contributed by atoms with Crippen LogP contribution in [0.4, 0.5) is 0 Å². The summed E-state index contributed by atoms with van der Waals surface area (Å²) in [6.45, 7) is 2.00. The van der Waals surface area contributed by atoms with Crippen molar-refractivity contribution < 1.29 is 0 Å². The molecule has 5 heteroatoms. The predicted octanol–water partition coefficient (Wildman–Crippen LogP) is 3.65. The zero-order valence-corrected chi connectivity index (χ0v) is 13.6. The van der Waals surface area contributed by atoms with Crippen LogP contribution in [-0.4, -0.2) is 16.8 Å². The van der Waals surface area contributed by atoms with Crippen molar-refractivity contribution >= 4 is 27.5 Å². The van der Waals surface area contributed by atoms with E-state index in [1.807, 2.05) is 37.8 Å². The number of hydrogen-bond acceptors (Lipinski definition) is 2. The van der Waals surface area contributed by atoms with Gasteiger partial charge in [-0.05, 0) is 47.6 Å². The van der Waals surface area contributed by atoms with Crippen LogP contribution in [-0.2, 0) is 13.5 Å². The number of nitrogens with one attached hydrogen (secondary N) is 1. The Balaban J connectivity index is 2.26. The van der Waals surface area contributed by atoms with Crippen LogP contribution in [0.1, 0.15) is 23.0 Å². The van der Waals surface area contributed by atoms with E-state index in [-0.39, 0.29) is 6.04 Å². The Bertz CT molecular complexity index is 563. The average Bonchev–Trinajstić information content (AvgIpc) is 2.63. The molecule has 0 saturated carbocycles. The number of aromatic nitrogens is 2. The fourth-order valence-electron chi connectivity index (χ4n) is 2.18. The minimum absolute atomic E-state index is 0.239. The van der Waals surface area contributed by atoms with Crippen LogP contribution in [0.15, 0.2) is 28.7 Å². The standard InChI is InChI=1S/C14H17BrClN3/c1-9-14(15)13(19(3)18-9)8-12(17-2)10-4-6-11(16)7-5-10/h4-7,12,17H,8H2,1-3H3. The van der Waals surface area contributed by atoms with Crippen molar-refractivity contribution in [1.82, 2.24) is 15.1 Å². The van der Waals surface area contributed by atoms with E-state index < -0.39 is 0 Å². The maximum Gasteiger partial charge on any atom is 0.0738 e. The highest BCUT2D eigenvalue weighted by atomic mass is 79.9. The molecule has 0 aliphatic carbocycles. The van der Waals surface area contributed by atoms with Gasteiger partial charge in [-0.3, -0.25) is 4.68 Å². The molecule has 1 heterocycles. The summed E-state index contributed by atoms with van der Waals surface area (Å²) in [6.07, 6.45) is 0.871. The van der Waals surface area contributed by atoms with Crippen LogP contribution >= 0.6 is 27.5 Å². The Morgan fingerprint density at radius 2 is 2.00 bits per heavy atom. The first kappa shape index (κ1) is 14.6. The molecule has 0 bridgehead atoms.